The Labute approximate surface area is 202 Å². The van der Waals surface area contributed by atoms with Crippen LogP contribution < -0.4 is 9.46 Å². The molecule has 10 heteroatoms. The molecule has 2 aromatic heterocycles. The molecular weight excluding hydrogens is 480 g/mol. The van der Waals surface area contributed by atoms with Crippen molar-refractivity contribution in [3.05, 3.63) is 95.7 Å². The van der Waals surface area contributed by atoms with Gasteiger partial charge in [-0.3, -0.25) is 9.71 Å². The lowest BCUT2D eigenvalue weighted by Crippen LogP contribution is -2.17. The Hall–Kier alpha value is -3.66. The lowest BCUT2D eigenvalue weighted by atomic mass is 9.83. The molecule has 1 unspecified atom stereocenters. The highest BCUT2D eigenvalue weighted by Gasteiger charge is 2.33. The zero-order valence-corrected chi connectivity index (χ0v) is 18.9. The van der Waals surface area contributed by atoms with Crippen LogP contribution in [0.25, 0.3) is 11.3 Å². The summed E-state index contributed by atoms with van der Waals surface area (Å²) < 4.78 is 62.9. The van der Waals surface area contributed by atoms with Gasteiger partial charge in [-0.25, -0.2) is 14.4 Å². The summed E-state index contributed by atoms with van der Waals surface area (Å²) in [5, 5.41) is 0. The predicted molar refractivity (Wildman–Crippen MR) is 125 cm³/mol. The summed E-state index contributed by atoms with van der Waals surface area (Å²) in [6.45, 7) is 0.401. The van der Waals surface area contributed by atoms with E-state index in [4.69, 9.17) is 4.74 Å². The van der Waals surface area contributed by atoms with Crippen LogP contribution in [-0.4, -0.2) is 21.6 Å². The number of aromatic nitrogens is 3. The first-order valence-corrected chi connectivity index (χ1v) is 11.5. The minimum Gasteiger partial charge on any atom is -0.493 e. The van der Waals surface area contributed by atoms with Crippen molar-refractivity contribution < 1.29 is 22.3 Å². The summed E-state index contributed by atoms with van der Waals surface area (Å²) in [4.78, 5) is 13.2. The van der Waals surface area contributed by atoms with Crippen LogP contribution in [0, 0.1) is 5.82 Å². The minimum atomic E-state index is -4.51. The minimum absolute atomic E-state index is 0.215. The second-order valence-electron chi connectivity index (χ2n) is 7.83. The van der Waals surface area contributed by atoms with E-state index in [2.05, 4.69) is 19.7 Å². The molecule has 0 spiro atoms. The third-order valence-corrected chi connectivity index (χ3v) is 6.38. The monoisotopic (exact) mass is 498 g/mol. The number of halogens is 4. The molecule has 2 aromatic carbocycles. The fourth-order valence-corrected chi connectivity index (χ4v) is 4.62. The van der Waals surface area contributed by atoms with E-state index in [0.717, 1.165) is 28.8 Å². The van der Waals surface area contributed by atoms with Crippen molar-refractivity contribution in [2.45, 2.75) is 23.4 Å². The van der Waals surface area contributed by atoms with Gasteiger partial charge in [-0.1, -0.05) is 12.1 Å². The van der Waals surface area contributed by atoms with E-state index < -0.39 is 17.6 Å². The van der Waals surface area contributed by atoms with E-state index in [9.17, 15) is 17.6 Å². The summed E-state index contributed by atoms with van der Waals surface area (Å²) in [7, 11) is 0. The molecule has 5 nitrogen and oxygen atoms in total. The Kier molecular flexibility index (Phi) is 6.29. The molecule has 35 heavy (non-hydrogen) atoms. The van der Waals surface area contributed by atoms with Gasteiger partial charge in [-0.05, 0) is 66.4 Å². The van der Waals surface area contributed by atoms with Crippen molar-refractivity contribution >= 4 is 17.9 Å². The van der Waals surface area contributed by atoms with E-state index in [1.54, 1.807) is 18.5 Å². The molecule has 0 aliphatic carbocycles. The second kappa shape index (κ2) is 9.53. The Bertz CT molecular complexity index is 1330. The maximum atomic E-state index is 13.5. The van der Waals surface area contributed by atoms with Crippen LogP contribution in [0.3, 0.4) is 0 Å². The smallest absolute Gasteiger partial charge is 0.416 e. The normalized spacial score (nSPS) is 15.3. The van der Waals surface area contributed by atoms with Gasteiger partial charge in [0.15, 0.2) is 0 Å². The maximum absolute atomic E-state index is 13.5. The van der Waals surface area contributed by atoms with Gasteiger partial charge in [-0.2, -0.15) is 13.2 Å². The zero-order valence-electron chi connectivity index (χ0n) is 18.1. The zero-order chi connectivity index (χ0) is 24.4. The third kappa shape index (κ3) is 5.07. The highest BCUT2D eigenvalue weighted by molar-refractivity contribution is 8.00. The molecule has 0 amide bonds. The molecule has 0 fully saturated rings. The van der Waals surface area contributed by atoms with Gasteiger partial charge in [0.1, 0.15) is 11.6 Å². The van der Waals surface area contributed by atoms with Gasteiger partial charge >= 0.3 is 6.18 Å². The van der Waals surface area contributed by atoms with E-state index in [1.165, 1.54) is 30.1 Å². The number of pyridine rings is 1. The topological polar surface area (TPSA) is 59.9 Å². The number of rotatable bonds is 5. The van der Waals surface area contributed by atoms with Crippen LogP contribution >= 0.6 is 11.9 Å². The maximum Gasteiger partial charge on any atom is 0.416 e. The number of ether oxygens (including phenoxy) is 1. The molecule has 1 aliphatic heterocycles. The number of fused-ring (bicyclic) bond motifs is 1. The molecule has 0 radical (unpaired) electrons. The first kappa shape index (κ1) is 23.1. The van der Waals surface area contributed by atoms with Gasteiger partial charge in [0.25, 0.3) is 0 Å². The second-order valence-corrected chi connectivity index (χ2v) is 8.71. The van der Waals surface area contributed by atoms with Gasteiger partial charge in [0.05, 0.1) is 24.1 Å². The molecule has 3 heterocycles. The summed E-state index contributed by atoms with van der Waals surface area (Å²) in [5.74, 6) is 0.348. The van der Waals surface area contributed by atoms with Crippen LogP contribution in [0.5, 0.6) is 5.75 Å². The first-order valence-electron chi connectivity index (χ1n) is 10.7. The number of alkyl halides is 3. The van der Waals surface area contributed by atoms with Gasteiger partial charge < -0.3 is 4.74 Å². The molecule has 5 rings (SSSR count). The van der Waals surface area contributed by atoms with Crippen molar-refractivity contribution in [1.29, 1.82) is 0 Å². The summed E-state index contributed by atoms with van der Waals surface area (Å²) in [6.07, 6.45) is 0.337. The number of hydrogen-bond acceptors (Lipinski definition) is 6. The molecular formula is C25H18F4N4OS. The largest absolute Gasteiger partial charge is 0.493 e. The number of anilines is 1. The molecule has 0 bridgehead atoms. The molecule has 1 atom stereocenters. The SMILES string of the molecule is Fc1ccc(-c2cc(C(F)(F)F)ccc2C2CCOc3cc(SNc4ncccn4)ccc32)nc1. The van der Waals surface area contributed by atoms with Crippen molar-refractivity contribution in [2.75, 3.05) is 11.3 Å². The number of nitrogens with one attached hydrogen (secondary N) is 1. The Morgan fingerprint density at radius 3 is 2.49 bits per heavy atom. The first-order chi connectivity index (χ1) is 16.9. The number of nitrogens with zero attached hydrogens (tertiary/aromatic N) is 3. The predicted octanol–water partition coefficient (Wildman–Crippen LogP) is 6.73. The average molecular weight is 499 g/mol. The van der Waals surface area contributed by atoms with Crippen molar-refractivity contribution in [2.24, 2.45) is 0 Å². The van der Waals surface area contributed by atoms with Crippen molar-refractivity contribution in [1.82, 2.24) is 15.0 Å². The summed E-state index contributed by atoms with van der Waals surface area (Å²) in [5.41, 5.74) is 1.35. The van der Waals surface area contributed by atoms with Gasteiger partial charge in [0.2, 0.25) is 5.95 Å². The Morgan fingerprint density at radius 2 is 1.74 bits per heavy atom. The lowest BCUT2D eigenvalue weighted by molar-refractivity contribution is -0.137. The fourth-order valence-electron chi connectivity index (χ4n) is 4.01. The van der Waals surface area contributed by atoms with Crippen LogP contribution in [0.15, 0.2) is 78.1 Å². The number of hydrogen-bond donors (Lipinski definition) is 1. The van der Waals surface area contributed by atoms with E-state index >= 15 is 0 Å². The molecule has 4 aromatic rings. The molecule has 0 saturated heterocycles. The van der Waals surface area contributed by atoms with Crippen molar-refractivity contribution in [3.8, 4) is 17.0 Å². The highest BCUT2D eigenvalue weighted by atomic mass is 32.2. The Morgan fingerprint density at radius 1 is 0.943 bits per heavy atom. The van der Waals surface area contributed by atoms with E-state index in [0.29, 0.717) is 35.9 Å². The lowest BCUT2D eigenvalue weighted by Gasteiger charge is -2.28. The highest BCUT2D eigenvalue weighted by Crippen LogP contribution is 2.44. The van der Waals surface area contributed by atoms with Crippen LogP contribution in [0.2, 0.25) is 0 Å². The quantitative estimate of drug-likeness (QED) is 0.243. The van der Waals surface area contributed by atoms with Gasteiger partial charge in [-0.15, -0.1) is 0 Å². The molecule has 178 valence electrons. The van der Waals surface area contributed by atoms with Crippen molar-refractivity contribution in [3.63, 3.8) is 0 Å². The van der Waals surface area contributed by atoms with Crippen LogP contribution in [-0.2, 0) is 6.18 Å². The molecule has 1 aliphatic rings. The van der Waals surface area contributed by atoms with Crippen LogP contribution in [0.4, 0.5) is 23.5 Å². The summed E-state index contributed by atoms with van der Waals surface area (Å²) >= 11 is 1.32. The summed E-state index contributed by atoms with van der Waals surface area (Å²) in [6, 6.07) is 13.6. The number of benzene rings is 2. The third-order valence-electron chi connectivity index (χ3n) is 5.61. The van der Waals surface area contributed by atoms with E-state index in [-0.39, 0.29) is 11.6 Å². The van der Waals surface area contributed by atoms with E-state index in [1.807, 2.05) is 18.2 Å². The fraction of sp³-hybridized carbons (Fsp3) is 0.160. The molecule has 1 N–H and O–H groups in total. The molecule has 0 saturated carbocycles. The average Bonchev–Trinajstić information content (AvgIpc) is 2.87. The van der Waals surface area contributed by atoms with Gasteiger partial charge in [0, 0.05) is 34.3 Å². The standard InChI is InChI=1S/C25H18F4N4OS/c26-16-3-7-22(32-14-16)21-12-15(25(27,28)29)2-5-18(21)19-8-11-34-23-13-17(4-6-20(19)23)35-33-24-30-9-1-10-31-24/h1-7,9-10,12-14,19H,8,11H2,(H,30,31,33). The van der Waals surface area contributed by atoms with Crippen LogP contribution in [0.1, 0.15) is 29.0 Å². The Balaban J connectivity index is 1.50.